The van der Waals surface area contributed by atoms with Gasteiger partial charge in [-0.2, -0.15) is 0 Å². The molecule has 1 aromatic carbocycles. The van der Waals surface area contributed by atoms with Crippen LogP contribution in [-0.4, -0.2) is 57.5 Å². The van der Waals surface area contributed by atoms with E-state index < -0.39 is 17.8 Å². The number of carbonyl (C=O) groups excluding carboxylic acids is 4. The third-order valence-electron chi connectivity index (χ3n) is 4.64. The maximum atomic E-state index is 13.5. The fourth-order valence-electron chi connectivity index (χ4n) is 2.42. The number of halogens is 2. The van der Waals surface area contributed by atoms with Gasteiger partial charge in [0.2, 0.25) is 5.91 Å². The zero-order valence-electron chi connectivity index (χ0n) is 19.5. The summed E-state index contributed by atoms with van der Waals surface area (Å²) < 4.78 is 13.5. The van der Waals surface area contributed by atoms with Crippen LogP contribution < -0.4 is 16.0 Å². The molecule has 0 saturated heterocycles. The van der Waals surface area contributed by atoms with E-state index in [0.29, 0.717) is 30.2 Å². The average molecular weight is 484 g/mol. The van der Waals surface area contributed by atoms with Gasteiger partial charge in [0.1, 0.15) is 24.7 Å². The summed E-state index contributed by atoms with van der Waals surface area (Å²) in [6.45, 7) is 3.14. The van der Waals surface area contributed by atoms with E-state index in [1.165, 1.54) is 24.3 Å². The Hall–Kier alpha value is -2.42. The number of nitrogens with one attached hydrogen (secondary N) is 3. The molecule has 2 rings (SSSR count). The maximum absolute atomic E-state index is 13.5. The van der Waals surface area contributed by atoms with Crippen molar-refractivity contribution in [2.24, 2.45) is 5.92 Å². The number of carbonyl (C=O) groups is 4. The molecule has 0 heterocycles. The minimum Gasteiger partial charge on any atom is -0.343 e. The van der Waals surface area contributed by atoms with Crippen molar-refractivity contribution in [3.8, 4) is 0 Å². The van der Waals surface area contributed by atoms with Crippen LogP contribution in [0, 0.1) is 11.7 Å². The van der Waals surface area contributed by atoms with Crippen molar-refractivity contribution < 1.29 is 23.6 Å². The molecule has 0 spiro atoms. The summed E-state index contributed by atoms with van der Waals surface area (Å²) in [7, 11) is 3.63. The predicted octanol–water partition coefficient (Wildman–Crippen LogP) is 2.95. The Morgan fingerprint density at radius 1 is 1.18 bits per heavy atom. The molecule has 1 saturated carbocycles. The first-order chi connectivity index (χ1) is 15.8. The Morgan fingerprint density at radius 3 is 2.27 bits per heavy atom. The predicted molar refractivity (Wildman–Crippen MR) is 130 cm³/mol. The number of benzene rings is 1. The highest BCUT2D eigenvalue weighted by atomic mass is 35.5. The summed E-state index contributed by atoms with van der Waals surface area (Å²) in [4.78, 5) is 42.4. The molecule has 1 amide bonds. The fourth-order valence-corrected chi connectivity index (χ4v) is 2.58. The highest BCUT2D eigenvalue weighted by Crippen LogP contribution is 2.33. The molecule has 0 radical (unpaired) electrons. The van der Waals surface area contributed by atoms with Crippen LogP contribution in [0.25, 0.3) is 6.08 Å². The number of hydrogen-bond donors (Lipinski definition) is 3. The van der Waals surface area contributed by atoms with Crippen molar-refractivity contribution in [1.29, 1.82) is 0 Å². The average Bonchev–Trinajstić information content (AvgIpc) is 3.63. The fraction of sp³-hybridized carbons (Fsp3) is 0.500. The molecule has 1 aliphatic carbocycles. The van der Waals surface area contributed by atoms with Crippen LogP contribution in [0.3, 0.4) is 0 Å². The van der Waals surface area contributed by atoms with Gasteiger partial charge in [-0.05, 0) is 57.6 Å². The molecule has 1 aliphatic rings. The number of amides is 1. The Bertz CT molecular complexity index is 755. The second-order valence-corrected chi connectivity index (χ2v) is 7.85. The van der Waals surface area contributed by atoms with Gasteiger partial charge in [-0.15, -0.1) is 0 Å². The van der Waals surface area contributed by atoms with E-state index in [1.807, 2.05) is 7.05 Å². The summed E-state index contributed by atoms with van der Waals surface area (Å²) in [5.74, 6) is -0.355. The molecule has 9 heteroatoms. The Morgan fingerprint density at radius 2 is 1.82 bits per heavy atom. The molecule has 2 atom stereocenters. The molecular formula is C24H35ClFN3O4. The van der Waals surface area contributed by atoms with Gasteiger partial charge in [-0.3, -0.25) is 4.79 Å². The third-order valence-corrected chi connectivity index (χ3v) is 4.87. The third kappa shape index (κ3) is 15.9. The molecule has 0 bridgehead atoms. The van der Waals surface area contributed by atoms with Crippen molar-refractivity contribution >= 4 is 42.4 Å². The van der Waals surface area contributed by atoms with Gasteiger partial charge in [0.15, 0.2) is 0 Å². The zero-order chi connectivity index (χ0) is 25.1. The highest BCUT2D eigenvalue weighted by molar-refractivity contribution is 6.30. The number of aldehydes is 3. The minimum atomic E-state index is -0.494. The van der Waals surface area contributed by atoms with Gasteiger partial charge < -0.3 is 30.3 Å². The molecule has 1 unspecified atom stereocenters. The van der Waals surface area contributed by atoms with E-state index in [1.54, 1.807) is 13.1 Å². The monoisotopic (exact) mass is 483 g/mol. The highest BCUT2D eigenvalue weighted by Gasteiger charge is 2.25. The Balaban J connectivity index is 0.000000657. The number of rotatable bonds is 12. The van der Waals surface area contributed by atoms with Gasteiger partial charge in [0, 0.05) is 23.1 Å². The summed E-state index contributed by atoms with van der Waals surface area (Å²) in [5.41, 5.74) is 0.273. The van der Waals surface area contributed by atoms with E-state index in [-0.39, 0.29) is 11.6 Å². The number of hydrogen-bond acceptors (Lipinski definition) is 6. The molecule has 1 aromatic rings. The lowest BCUT2D eigenvalue weighted by atomic mass is 10.1. The lowest BCUT2D eigenvalue weighted by molar-refractivity contribution is -0.120. The normalized spacial score (nSPS) is 14.1. The van der Waals surface area contributed by atoms with Crippen LogP contribution >= 0.6 is 11.6 Å². The van der Waals surface area contributed by atoms with E-state index in [4.69, 9.17) is 11.6 Å². The van der Waals surface area contributed by atoms with Crippen LogP contribution in [0.2, 0.25) is 5.02 Å². The van der Waals surface area contributed by atoms with Crippen molar-refractivity contribution in [1.82, 2.24) is 16.0 Å². The minimum absolute atomic E-state index is 0.157. The van der Waals surface area contributed by atoms with Gasteiger partial charge in [-0.25, -0.2) is 4.39 Å². The molecule has 7 nitrogen and oxygen atoms in total. The van der Waals surface area contributed by atoms with Crippen LogP contribution in [0.4, 0.5) is 4.39 Å². The largest absolute Gasteiger partial charge is 0.343 e. The van der Waals surface area contributed by atoms with Gasteiger partial charge in [0.05, 0.1) is 12.1 Å². The van der Waals surface area contributed by atoms with E-state index in [2.05, 4.69) is 22.9 Å². The molecule has 184 valence electrons. The smallest absolute Gasteiger partial charge is 0.244 e. The quantitative estimate of drug-likeness (QED) is 0.312. The SMILES string of the molecule is CCNC.CNC(C=O)CCC=O.O=C[C@H](CC1CC1)NC(=O)/C=C/c1ccc(Cl)cc1F. The summed E-state index contributed by atoms with van der Waals surface area (Å²) >= 11 is 5.64. The maximum Gasteiger partial charge on any atom is 0.244 e. The van der Waals surface area contributed by atoms with Crippen LogP contribution in [-0.2, 0) is 19.2 Å². The standard InChI is InChI=1S/C15H15ClFNO2.C6H11NO2.C3H9N/c16-12-5-3-11(14(17)8-12)4-6-15(20)18-13(9-19)7-10-1-2-10;1-7-6(5-9)3-2-4-8;1-3-4-2/h3-6,8-10,13H,1-2,7H2,(H,18,20);4-7H,2-3H2,1H3;4H,3H2,1-2H3/b6-4+;;/t13-;;/m0../s1. The summed E-state index contributed by atoms with van der Waals surface area (Å²) in [6, 6.07) is 3.59. The van der Waals surface area contributed by atoms with Crippen molar-refractivity contribution in [3.05, 3.63) is 40.7 Å². The molecular weight excluding hydrogens is 449 g/mol. The van der Waals surface area contributed by atoms with Crippen LogP contribution in [0.1, 0.15) is 44.6 Å². The summed E-state index contributed by atoms with van der Waals surface area (Å²) in [5, 5.41) is 8.59. The number of likely N-dealkylation sites (N-methyl/N-ethyl adjacent to an activating group) is 1. The lowest BCUT2D eigenvalue weighted by Gasteiger charge is -2.09. The second-order valence-electron chi connectivity index (χ2n) is 7.41. The first-order valence-corrected chi connectivity index (χ1v) is 11.3. The summed E-state index contributed by atoms with van der Waals surface area (Å²) in [6.07, 6.45) is 8.91. The molecule has 0 aromatic heterocycles. The first kappa shape index (κ1) is 30.6. The van der Waals surface area contributed by atoms with Crippen LogP contribution in [0.15, 0.2) is 24.3 Å². The van der Waals surface area contributed by atoms with Crippen molar-refractivity contribution in [3.63, 3.8) is 0 Å². The van der Waals surface area contributed by atoms with Gasteiger partial charge >= 0.3 is 0 Å². The second kappa shape index (κ2) is 19.1. The zero-order valence-corrected chi connectivity index (χ0v) is 20.2. The van der Waals surface area contributed by atoms with Gasteiger partial charge in [-0.1, -0.05) is 37.4 Å². The van der Waals surface area contributed by atoms with E-state index in [0.717, 1.165) is 38.2 Å². The van der Waals surface area contributed by atoms with E-state index >= 15 is 0 Å². The van der Waals surface area contributed by atoms with Crippen molar-refractivity contribution in [2.75, 3.05) is 20.6 Å². The lowest BCUT2D eigenvalue weighted by Crippen LogP contribution is -2.35. The molecule has 1 fully saturated rings. The topological polar surface area (TPSA) is 104 Å². The Kier molecular flexibility index (Phi) is 17.7. The van der Waals surface area contributed by atoms with Crippen LogP contribution in [0.5, 0.6) is 0 Å². The molecule has 33 heavy (non-hydrogen) atoms. The molecule has 3 N–H and O–H groups in total. The first-order valence-electron chi connectivity index (χ1n) is 10.9. The van der Waals surface area contributed by atoms with Crippen molar-refractivity contribution in [2.45, 2.75) is 51.1 Å². The molecule has 0 aliphatic heterocycles. The Labute approximate surface area is 200 Å². The van der Waals surface area contributed by atoms with E-state index in [9.17, 15) is 23.6 Å². The van der Waals surface area contributed by atoms with Gasteiger partial charge in [0.25, 0.3) is 0 Å².